The molecule has 0 aromatic heterocycles. The Morgan fingerprint density at radius 3 is 2.21 bits per heavy atom. The van der Waals surface area contributed by atoms with Crippen LogP contribution in [-0.4, -0.2) is 43.0 Å². The number of hydrogen-bond acceptors (Lipinski definition) is 5. The van der Waals surface area contributed by atoms with E-state index in [0.29, 0.717) is 30.4 Å². The lowest BCUT2D eigenvalue weighted by atomic mass is 10.0. The topological polar surface area (TPSA) is 67.9 Å². The van der Waals surface area contributed by atoms with E-state index < -0.39 is 0 Å². The first kappa shape index (κ1) is 30.0. The van der Waals surface area contributed by atoms with Crippen LogP contribution in [0.1, 0.15) is 92.1 Å². The Kier molecular flexibility index (Phi) is 14.6. The van der Waals surface area contributed by atoms with Crippen molar-refractivity contribution in [3.8, 4) is 11.5 Å². The van der Waals surface area contributed by atoms with Crippen LogP contribution in [0.25, 0.3) is 0 Å². The van der Waals surface area contributed by atoms with Gasteiger partial charge in [0.05, 0.1) is 7.11 Å². The summed E-state index contributed by atoms with van der Waals surface area (Å²) in [5.41, 5.74) is 0.907. The molecule has 1 aromatic rings. The second-order valence-electron chi connectivity index (χ2n) is 9.90. The van der Waals surface area contributed by atoms with Crippen LogP contribution in [0, 0.1) is 11.8 Å². The van der Waals surface area contributed by atoms with Gasteiger partial charge in [0, 0.05) is 13.0 Å². The summed E-state index contributed by atoms with van der Waals surface area (Å²) in [6.07, 6.45) is 7.00. The fraction of sp³-hybridized carbons (Fsp3) is 0.714. The minimum absolute atomic E-state index is 0.0640. The molecular weight excluding hydrogens is 428 g/mol. The molecule has 1 aromatic carbocycles. The van der Waals surface area contributed by atoms with Crippen molar-refractivity contribution >= 4 is 11.9 Å². The summed E-state index contributed by atoms with van der Waals surface area (Å²) in [5.74, 6) is 1.84. The molecule has 1 rings (SSSR count). The Balaban J connectivity index is 2.63. The molecule has 194 valence electrons. The maximum Gasteiger partial charge on any atom is 0.328 e. The second kappa shape index (κ2) is 16.5. The minimum Gasteiger partial charge on any atom is -0.493 e. The molecule has 0 heterocycles. The van der Waals surface area contributed by atoms with Gasteiger partial charge in [-0.15, -0.1) is 0 Å². The minimum atomic E-state index is -0.288. The van der Waals surface area contributed by atoms with Gasteiger partial charge in [-0.2, -0.15) is 0 Å². The van der Waals surface area contributed by atoms with Gasteiger partial charge in [-0.1, -0.05) is 73.3 Å². The summed E-state index contributed by atoms with van der Waals surface area (Å²) < 4.78 is 11.3. The van der Waals surface area contributed by atoms with E-state index >= 15 is 0 Å². The quantitative estimate of drug-likeness (QED) is 0.170. The largest absolute Gasteiger partial charge is 0.493 e. The highest BCUT2D eigenvalue weighted by Crippen LogP contribution is 2.29. The summed E-state index contributed by atoms with van der Waals surface area (Å²) >= 11 is 0. The molecule has 6 heteroatoms. The number of benzene rings is 1. The molecule has 6 nitrogen and oxygen atoms in total. The van der Waals surface area contributed by atoms with Crippen molar-refractivity contribution in [1.29, 1.82) is 0 Å². The molecule has 0 unspecified atom stereocenters. The Morgan fingerprint density at radius 1 is 0.941 bits per heavy atom. The van der Waals surface area contributed by atoms with E-state index in [1.165, 1.54) is 19.3 Å². The maximum absolute atomic E-state index is 13.0. The third-order valence-corrected chi connectivity index (χ3v) is 6.08. The van der Waals surface area contributed by atoms with Gasteiger partial charge in [0.2, 0.25) is 5.91 Å². The van der Waals surface area contributed by atoms with Crippen LogP contribution in [0.5, 0.6) is 11.5 Å². The fourth-order valence-corrected chi connectivity index (χ4v) is 4.07. The Labute approximate surface area is 207 Å². The highest BCUT2D eigenvalue weighted by molar-refractivity contribution is 5.79. The van der Waals surface area contributed by atoms with Crippen LogP contribution < -0.4 is 14.8 Å². The first-order valence-electron chi connectivity index (χ1n) is 13.1. The highest BCUT2D eigenvalue weighted by atomic mass is 16.6. The normalized spacial score (nSPS) is 12.3. The number of likely N-dealkylation sites (N-methyl/N-ethyl adjacent to an activating group) is 1. The molecule has 0 saturated heterocycles. The number of unbranched alkanes of at least 4 members (excludes halogenated alkanes) is 3. The van der Waals surface area contributed by atoms with Crippen molar-refractivity contribution in [2.45, 2.75) is 99.1 Å². The molecule has 0 saturated carbocycles. The second-order valence-corrected chi connectivity index (χ2v) is 9.90. The monoisotopic (exact) mass is 476 g/mol. The maximum atomic E-state index is 13.0. The average Bonchev–Trinajstić information content (AvgIpc) is 2.80. The molecule has 1 N–H and O–H groups in total. The van der Waals surface area contributed by atoms with Gasteiger partial charge in [0.15, 0.2) is 11.5 Å². The van der Waals surface area contributed by atoms with Crippen molar-refractivity contribution < 1.29 is 19.1 Å². The van der Waals surface area contributed by atoms with Crippen LogP contribution in [0.2, 0.25) is 0 Å². The number of carbonyl (C=O) groups is 2. The average molecular weight is 477 g/mol. The van der Waals surface area contributed by atoms with Gasteiger partial charge in [-0.05, 0) is 55.5 Å². The number of methoxy groups -OCH3 is 1. The van der Waals surface area contributed by atoms with E-state index in [1.807, 2.05) is 12.1 Å². The number of esters is 1. The fourth-order valence-electron chi connectivity index (χ4n) is 4.07. The molecule has 0 aliphatic rings. The Morgan fingerprint density at radius 2 is 1.62 bits per heavy atom. The zero-order valence-electron chi connectivity index (χ0n) is 22.6. The van der Waals surface area contributed by atoms with Crippen LogP contribution in [0.15, 0.2) is 18.2 Å². The molecule has 1 atom stereocenters. The van der Waals surface area contributed by atoms with Crippen molar-refractivity contribution in [1.82, 2.24) is 10.2 Å². The standard InChI is InChI=1S/C28H48N2O4/c1-8-30(9-2)24(18-22(5)6)28(32)34-25-17-16-23(19-26(25)33-7)20-29-27(31)15-13-11-10-12-14-21(3)4/h16-17,19,21-22,24H,8-15,18,20H2,1-7H3,(H,29,31)/t24-/m1/s1. The highest BCUT2D eigenvalue weighted by Gasteiger charge is 2.27. The number of rotatable bonds is 17. The first-order chi connectivity index (χ1) is 16.2. The van der Waals surface area contributed by atoms with E-state index in [1.54, 1.807) is 13.2 Å². The molecule has 0 radical (unpaired) electrons. The molecule has 0 bridgehead atoms. The van der Waals surface area contributed by atoms with Crippen LogP contribution >= 0.6 is 0 Å². The van der Waals surface area contributed by atoms with Crippen molar-refractivity contribution in [3.63, 3.8) is 0 Å². The third kappa shape index (κ3) is 11.4. The lowest BCUT2D eigenvalue weighted by Crippen LogP contribution is -2.44. The van der Waals surface area contributed by atoms with Gasteiger partial charge >= 0.3 is 5.97 Å². The van der Waals surface area contributed by atoms with Crippen LogP contribution in [-0.2, 0) is 16.1 Å². The van der Waals surface area contributed by atoms with Crippen LogP contribution in [0.4, 0.5) is 0 Å². The van der Waals surface area contributed by atoms with Gasteiger partial charge < -0.3 is 14.8 Å². The number of ether oxygens (including phenoxy) is 2. The Bertz CT molecular complexity index is 729. The summed E-state index contributed by atoms with van der Waals surface area (Å²) in [4.78, 5) is 27.3. The molecule has 0 fully saturated rings. The van der Waals surface area contributed by atoms with E-state index in [9.17, 15) is 9.59 Å². The van der Waals surface area contributed by atoms with E-state index in [-0.39, 0.29) is 17.9 Å². The third-order valence-electron chi connectivity index (χ3n) is 6.08. The molecular formula is C28H48N2O4. The predicted octanol–water partition coefficient (Wildman–Crippen LogP) is 5.97. The lowest BCUT2D eigenvalue weighted by molar-refractivity contribution is -0.141. The van der Waals surface area contributed by atoms with Gasteiger partial charge in [-0.3, -0.25) is 9.69 Å². The summed E-state index contributed by atoms with van der Waals surface area (Å²) in [6.45, 7) is 14.8. The van der Waals surface area contributed by atoms with Gasteiger partial charge in [0.1, 0.15) is 6.04 Å². The van der Waals surface area contributed by atoms with Crippen molar-refractivity contribution in [3.05, 3.63) is 23.8 Å². The first-order valence-corrected chi connectivity index (χ1v) is 13.1. The summed E-state index contributed by atoms with van der Waals surface area (Å²) in [7, 11) is 1.56. The number of amides is 1. The van der Waals surface area contributed by atoms with Crippen molar-refractivity contribution in [2.75, 3.05) is 20.2 Å². The van der Waals surface area contributed by atoms with Gasteiger partial charge in [-0.25, -0.2) is 4.79 Å². The molecule has 1 amide bonds. The smallest absolute Gasteiger partial charge is 0.328 e. The number of carbonyl (C=O) groups excluding carboxylic acids is 2. The number of hydrogen-bond donors (Lipinski definition) is 1. The van der Waals surface area contributed by atoms with E-state index in [0.717, 1.165) is 43.8 Å². The van der Waals surface area contributed by atoms with E-state index in [2.05, 4.69) is 51.8 Å². The summed E-state index contributed by atoms with van der Waals surface area (Å²) in [6, 6.07) is 5.15. The lowest BCUT2D eigenvalue weighted by Gasteiger charge is -2.29. The molecule has 0 spiro atoms. The molecule has 0 aliphatic carbocycles. The Hall–Kier alpha value is -2.08. The number of nitrogens with one attached hydrogen (secondary N) is 1. The summed E-state index contributed by atoms with van der Waals surface area (Å²) in [5, 5.41) is 2.98. The zero-order valence-corrected chi connectivity index (χ0v) is 22.6. The molecule has 34 heavy (non-hydrogen) atoms. The zero-order chi connectivity index (χ0) is 25.5. The van der Waals surface area contributed by atoms with Crippen LogP contribution in [0.3, 0.4) is 0 Å². The van der Waals surface area contributed by atoms with Crippen molar-refractivity contribution in [2.24, 2.45) is 11.8 Å². The van der Waals surface area contributed by atoms with E-state index in [4.69, 9.17) is 9.47 Å². The van der Waals surface area contributed by atoms with Gasteiger partial charge in [0.25, 0.3) is 0 Å². The SMILES string of the molecule is CCN(CC)[C@H](CC(C)C)C(=O)Oc1ccc(CNC(=O)CCCCCCC(C)C)cc1OC. The molecule has 0 aliphatic heterocycles. The predicted molar refractivity (Wildman–Crippen MR) is 139 cm³/mol. The number of nitrogens with zero attached hydrogens (tertiary/aromatic N) is 1.